The van der Waals surface area contributed by atoms with Gasteiger partial charge < -0.3 is 20.5 Å². The molecule has 1 atom stereocenters. The minimum absolute atomic E-state index is 0.0315. The molecule has 0 aromatic heterocycles. The minimum atomic E-state index is -0.615. The predicted molar refractivity (Wildman–Crippen MR) is 118 cm³/mol. The number of nitro benzene ring substituents is 1. The second-order valence-corrected chi connectivity index (χ2v) is 6.96. The number of rotatable bonds is 6. The number of amides is 1. The molecular formula is C20H19N5O5S. The van der Waals surface area contributed by atoms with Crippen LogP contribution in [0.25, 0.3) is 0 Å². The highest BCUT2D eigenvalue weighted by Crippen LogP contribution is 2.33. The molecule has 0 aliphatic carbocycles. The lowest BCUT2D eigenvalue weighted by molar-refractivity contribution is -0.384. The first-order valence-corrected chi connectivity index (χ1v) is 9.44. The average Bonchev–Trinajstić information content (AvgIpc) is 2.73. The van der Waals surface area contributed by atoms with E-state index < -0.39 is 16.9 Å². The Morgan fingerprint density at radius 2 is 2.13 bits per heavy atom. The summed E-state index contributed by atoms with van der Waals surface area (Å²) in [5.41, 5.74) is 4.32. The van der Waals surface area contributed by atoms with E-state index in [0.717, 1.165) is 0 Å². The van der Waals surface area contributed by atoms with Crippen LogP contribution in [0.15, 0.2) is 58.8 Å². The van der Waals surface area contributed by atoms with Crippen molar-refractivity contribution in [3.63, 3.8) is 0 Å². The Kier molecular flexibility index (Phi) is 6.46. The Hall–Kier alpha value is -3.99. The first kappa shape index (κ1) is 21.7. The van der Waals surface area contributed by atoms with Crippen molar-refractivity contribution in [1.82, 2.24) is 16.1 Å². The van der Waals surface area contributed by atoms with Crippen LogP contribution in [-0.4, -0.2) is 34.4 Å². The third-order valence-electron chi connectivity index (χ3n) is 4.51. The van der Waals surface area contributed by atoms with Crippen LogP contribution in [0.1, 0.15) is 24.1 Å². The lowest BCUT2D eigenvalue weighted by Crippen LogP contribution is -2.46. The number of non-ortho nitro benzene ring substituents is 1. The summed E-state index contributed by atoms with van der Waals surface area (Å²) in [6, 6.07) is 9.96. The van der Waals surface area contributed by atoms with Crippen molar-refractivity contribution in [2.24, 2.45) is 5.10 Å². The van der Waals surface area contributed by atoms with Crippen molar-refractivity contribution < 1.29 is 19.6 Å². The number of carbonyl (C=O) groups is 1. The zero-order valence-electron chi connectivity index (χ0n) is 16.6. The van der Waals surface area contributed by atoms with Crippen LogP contribution in [0.5, 0.6) is 11.5 Å². The normalized spacial score (nSPS) is 15.9. The summed E-state index contributed by atoms with van der Waals surface area (Å²) in [5.74, 6) is -0.278. The van der Waals surface area contributed by atoms with E-state index in [0.29, 0.717) is 27.5 Å². The molecule has 0 radical (unpaired) electrons. The number of aromatic hydroxyl groups is 1. The molecule has 2 aromatic rings. The first-order chi connectivity index (χ1) is 14.8. The number of phenolic OH excluding ortho intramolecular Hbond substituents is 1. The SMILES string of the molecule is COc1cc(C2NC(=S)NC(C)=C2C(=O)N/N=C/c2cccc([N+](=O)[O-])c2)ccc1O. The van der Waals surface area contributed by atoms with Crippen molar-refractivity contribution in [3.05, 3.63) is 75.0 Å². The van der Waals surface area contributed by atoms with E-state index in [9.17, 15) is 20.0 Å². The average molecular weight is 441 g/mol. The highest BCUT2D eigenvalue weighted by molar-refractivity contribution is 7.80. The molecule has 0 saturated carbocycles. The fourth-order valence-corrected chi connectivity index (χ4v) is 3.33. The Morgan fingerprint density at radius 1 is 1.35 bits per heavy atom. The van der Waals surface area contributed by atoms with Gasteiger partial charge in [0.15, 0.2) is 16.6 Å². The molecule has 11 heteroatoms. The third kappa shape index (κ3) is 4.95. The van der Waals surface area contributed by atoms with E-state index in [2.05, 4.69) is 21.2 Å². The maximum atomic E-state index is 12.9. The zero-order valence-corrected chi connectivity index (χ0v) is 17.4. The van der Waals surface area contributed by atoms with Gasteiger partial charge in [-0.3, -0.25) is 14.9 Å². The molecule has 4 N–H and O–H groups in total. The van der Waals surface area contributed by atoms with Crippen LogP contribution in [-0.2, 0) is 4.79 Å². The molecule has 10 nitrogen and oxygen atoms in total. The Labute approximate surface area is 182 Å². The van der Waals surface area contributed by atoms with Crippen molar-refractivity contribution in [2.75, 3.05) is 7.11 Å². The van der Waals surface area contributed by atoms with Crippen molar-refractivity contribution in [1.29, 1.82) is 0 Å². The molecule has 31 heavy (non-hydrogen) atoms. The summed E-state index contributed by atoms with van der Waals surface area (Å²) in [6.07, 6.45) is 1.31. The fraction of sp³-hybridized carbons (Fsp3) is 0.150. The monoisotopic (exact) mass is 441 g/mol. The molecule has 0 fully saturated rings. The van der Waals surface area contributed by atoms with Gasteiger partial charge in [-0.2, -0.15) is 5.10 Å². The maximum absolute atomic E-state index is 12.9. The molecule has 1 amide bonds. The van der Waals surface area contributed by atoms with Crippen LogP contribution < -0.4 is 20.8 Å². The number of hydrogen-bond donors (Lipinski definition) is 4. The number of nitrogens with one attached hydrogen (secondary N) is 3. The number of ether oxygens (including phenoxy) is 1. The Balaban J connectivity index is 1.85. The van der Waals surface area contributed by atoms with Gasteiger partial charge in [0.1, 0.15) is 0 Å². The lowest BCUT2D eigenvalue weighted by Gasteiger charge is -2.30. The molecule has 160 valence electrons. The minimum Gasteiger partial charge on any atom is -0.504 e. The van der Waals surface area contributed by atoms with Gasteiger partial charge in [0.05, 0.1) is 29.9 Å². The van der Waals surface area contributed by atoms with Gasteiger partial charge in [0.2, 0.25) is 0 Å². The molecule has 0 bridgehead atoms. The van der Waals surface area contributed by atoms with Gasteiger partial charge in [0, 0.05) is 23.4 Å². The second-order valence-electron chi connectivity index (χ2n) is 6.55. The molecule has 1 aliphatic heterocycles. The highest BCUT2D eigenvalue weighted by Gasteiger charge is 2.30. The Morgan fingerprint density at radius 3 is 2.84 bits per heavy atom. The molecule has 3 rings (SSSR count). The lowest BCUT2D eigenvalue weighted by atomic mass is 9.95. The zero-order chi connectivity index (χ0) is 22.5. The summed E-state index contributed by atoms with van der Waals surface area (Å²) in [5, 5.41) is 30.9. The number of phenols is 1. The number of nitrogens with zero attached hydrogens (tertiary/aromatic N) is 2. The summed E-state index contributed by atoms with van der Waals surface area (Å²) in [4.78, 5) is 23.3. The van der Waals surface area contributed by atoms with Gasteiger partial charge >= 0.3 is 0 Å². The molecule has 1 aliphatic rings. The van der Waals surface area contributed by atoms with Gasteiger partial charge in [-0.05, 0) is 36.8 Å². The molecule has 1 unspecified atom stereocenters. The van der Waals surface area contributed by atoms with Crippen LogP contribution >= 0.6 is 12.2 Å². The van der Waals surface area contributed by atoms with Crippen LogP contribution in [0.4, 0.5) is 5.69 Å². The Bertz CT molecular complexity index is 1110. The summed E-state index contributed by atoms with van der Waals surface area (Å²) >= 11 is 5.22. The van der Waals surface area contributed by atoms with Gasteiger partial charge in [-0.25, -0.2) is 5.43 Å². The number of hydrazone groups is 1. The first-order valence-electron chi connectivity index (χ1n) is 9.03. The van der Waals surface area contributed by atoms with E-state index in [1.165, 1.54) is 37.6 Å². The van der Waals surface area contributed by atoms with Crippen LogP contribution in [0.2, 0.25) is 0 Å². The number of nitro groups is 1. The molecular weight excluding hydrogens is 422 g/mol. The summed E-state index contributed by atoms with van der Waals surface area (Å²) < 4.78 is 5.15. The van der Waals surface area contributed by atoms with E-state index in [-0.39, 0.29) is 17.2 Å². The summed E-state index contributed by atoms with van der Waals surface area (Å²) in [7, 11) is 1.43. The number of hydrogen-bond acceptors (Lipinski definition) is 7. The van der Waals surface area contributed by atoms with Crippen molar-refractivity contribution in [2.45, 2.75) is 13.0 Å². The molecule has 1 heterocycles. The van der Waals surface area contributed by atoms with E-state index in [1.807, 2.05) is 0 Å². The smallest absolute Gasteiger partial charge is 0.271 e. The fourth-order valence-electron chi connectivity index (χ4n) is 3.06. The van der Waals surface area contributed by atoms with Crippen LogP contribution in [0.3, 0.4) is 0 Å². The molecule has 0 saturated heterocycles. The highest BCUT2D eigenvalue weighted by atomic mass is 32.1. The van der Waals surface area contributed by atoms with Crippen LogP contribution in [0, 0.1) is 10.1 Å². The van der Waals surface area contributed by atoms with E-state index >= 15 is 0 Å². The standard InChI is InChI=1S/C20H19N5O5S/c1-11-17(19(27)24-21-10-12-4-3-5-14(8-12)25(28)29)18(23-20(31)22-11)13-6-7-15(26)16(9-13)30-2/h3-10,18,26H,1-2H3,(H,24,27)(H2,22,23,31)/b21-10+. The molecule has 0 spiro atoms. The quantitative estimate of drug-likeness (QED) is 0.232. The number of thiocarbonyl (C=S) groups is 1. The molecule has 2 aromatic carbocycles. The van der Waals surface area contributed by atoms with Crippen molar-refractivity contribution >= 4 is 35.1 Å². The number of carbonyl (C=O) groups excluding carboxylic acids is 1. The number of allylic oxidation sites excluding steroid dienone is 1. The van der Waals surface area contributed by atoms with Crippen molar-refractivity contribution in [3.8, 4) is 11.5 Å². The van der Waals surface area contributed by atoms with Gasteiger partial charge in [-0.1, -0.05) is 18.2 Å². The second kappa shape index (κ2) is 9.22. The van der Waals surface area contributed by atoms with E-state index in [1.54, 1.807) is 25.1 Å². The van der Waals surface area contributed by atoms with Gasteiger partial charge in [-0.15, -0.1) is 0 Å². The van der Waals surface area contributed by atoms with E-state index in [4.69, 9.17) is 17.0 Å². The predicted octanol–water partition coefficient (Wildman–Crippen LogP) is 2.25. The number of methoxy groups -OCH3 is 1. The van der Waals surface area contributed by atoms with Gasteiger partial charge in [0.25, 0.3) is 11.6 Å². The summed E-state index contributed by atoms with van der Waals surface area (Å²) in [6.45, 7) is 1.71. The topological polar surface area (TPSA) is 138 Å². The largest absolute Gasteiger partial charge is 0.504 e. The number of benzene rings is 2. The third-order valence-corrected chi connectivity index (χ3v) is 4.73. The maximum Gasteiger partial charge on any atom is 0.271 e.